The number of hydrogen-bond acceptors (Lipinski definition) is 8. The second-order valence-corrected chi connectivity index (χ2v) is 5.96. The minimum absolute atomic E-state index is 0.0346. The molecule has 4 aromatic heterocycles. The van der Waals surface area contributed by atoms with Crippen molar-refractivity contribution in [2.24, 2.45) is 0 Å². The minimum Gasteiger partial charge on any atom is -0.461 e. The topological polar surface area (TPSA) is 105 Å². The molecule has 0 saturated carbocycles. The molecule has 0 aliphatic heterocycles. The summed E-state index contributed by atoms with van der Waals surface area (Å²) in [7, 11) is 0. The molecule has 1 aromatic carbocycles. The number of rotatable bonds is 5. The highest BCUT2D eigenvalue weighted by atomic mass is 16.5. The molecule has 8 heteroatoms. The number of para-hydroxylation sites is 1. The Morgan fingerprint density at radius 3 is 2.61 bits per heavy atom. The van der Waals surface area contributed by atoms with Crippen molar-refractivity contribution >= 4 is 16.9 Å². The largest absolute Gasteiger partial charge is 0.461 e. The Kier molecular flexibility index (Phi) is 3.79. The van der Waals surface area contributed by atoms with Crippen LogP contribution < -0.4 is 0 Å². The number of hydrogen-bond donors (Lipinski definition) is 0. The van der Waals surface area contributed by atoms with Crippen LogP contribution in [0.5, 0.6) is 0 Å². The van der Waals surface area contributed by atoms with Gasteiger partial charge in [-0.2, -0.15) is 0 Å². The van der Waals surface area contributed by atoms with Crippen LogP contribution in [0.3, 0.4) is 0 Å². The number of nitrogens with zero attached hydrogens (tertiary/aromatic N) is 2. The summed E-state index contributed by atoms with van der Waals surface area (Å²) in [5.74, 6) is 1.16. The Morgan fingerprint density at radius 1 is 0.893 bits per heavy atom. The molecule has 0 radical (unpaired) electrons. The number of benzene rings is 1. The van der Waals surface area contributed by atoms with Gasteiger partial charge in [-0.1, -0.05) is 28.5 Å². The third-order valence-electron chi connectivity index (χ3n) is 4.06. The summed E-state index contributed by atoms with van der Waals surface area (Å²) < 4.78 is 26.5. The molecular weight excluding hydrogens is 364 g/mol. The number of fused-ring (bicyclic) bond motifs is 1. The van der Waals surface area contributed by atoms with Crippen molar-refractivity contribution in [2.75, 3.05) is 0 Å². The molecule has 28 heavy (non-hydrogen) atoms. The van der Waals surface area contributed by atoms with Crippen LogP contribution in [0, 0.1) is 0 Å². The van der Waals surface area contributed by atoms with Gasteiger partial charge in [-0.25, -0.2) is 4.79 Å². The summed E-state index contributed by atoms with van der Waals surface area (Å²) >= 11 is 0. The van der Waals surface area contributed by atoms with Crippen molar-refractivity contribution in [3.05, 3.63) is 72.2 Å². The van der Waals surface area contributed by atoms with Gasteiger partial charge in [0.2, 0.25) is 11.5 Å². The predicted octanol–water partition coefficient (Wildman–Crippen LogP) is 4.69. The summed E-state index contributed by atoms with van der Waals surface area (Å²) in [4.78, 5) is 12.1. The van der Waals surface area contributed by atoms with Crippen molar-refractivity contribution in [1.82, 2.24) is 10.3 Å². The zero-order valence-corrected chi connectivity index (χ0v) is 14.3. The maximum absolute atomic E-state index is 12.1. The molecule has 0 unspecified atom stereocenters. The second-order valence-electron chi connectivity index (χ2n) is 5.96. The molecule has 5 rings (SSSR count). The lowest BCUT2D eigenvalue weighted by Gasteiger charge is -1.97. The number of carbonyl (C=O) groups excluding carboxylic acids is 1. The lowest BCUT2D eigenvalue weighted by atomic mass is 10.2. The van der Waals surface area contributed by atoms with Gasteiger partial charge in [0.25, 0.3) is 0 Å². The van der Waals surface area contributed by atoms with E-state index in [-0.39, 0.29) is 12.3 Å². The van der Waals surface area contributed by atoms with Crippen molar-refractivity contribution in [3.8, 4) is 23.0 Å². The predicted molar refractivity (Wildman–Crippen MR) is 95.0 cm³/mol. The van der Waals surface area contributed by atoms with E-state index in [9.17, 15) is 4.79 Å². The third kappa shape index (κ3) is 2.96. The zero-order valence-electron chi connectivity index (χ0n) is 14.3. The SMILES string of the molecule is O=C(OCc1cc(-c2cc3ccccc3o2)on1)c1cc(-c2ccco2)on1. The minimum atomic E-state index is -0.644. The van der Waals surface area contributed by atoms with E-state index in [0.717, 1.165) is 11.0 Å². The fourth-order valence-corrected chi connectivity index (χ4v) is 2.72. The first-order valence-corrected chi connectivity index (χ1v) is 8.38. The summed E-state index contributed by atoms with van der Waals surface area (Å²) in [5.41, 5.74) is 1.23. The monoisotopic (exact) mass is 376 g/mol. The molecule has 0 spiro atoms. The van der Waals surface area contributed by atoms with E-state index in [4.69, 9.17) is 22.6 Å². The van der Waals surface area contributed by atoms with E-state index in [1.807, 2.05) is 30.3 Å². The highest BCUT2D eigenvalue weighted by molar-refractivity contribution is 5.88. The summed E-state index contributed by atoms with van der Waals surface area (Å²) in [5, 5.41) is 8.55. The fraction of sp³-hybridized carbons (Fsp3) is 0.0500. The van der Waals surface area contributed by atoms with Gasteiger partial charge < -0.3 is 22.6 Å². The van der Waals surface area contributed by atoms with Crippen LogP contribution in [0.2, 0.25) is 0 Å². The molecule has 0 fully saturated rings. The van der Waals surface area contributed by atoms with Crippen LogP contribution in [-0.2, 0) is 11.3 Å². The maximum atomic E-state index is 12.1. The fourth-order valence-electron chi connectivity index (χ4n) is 2.72. The lowest BCUT2D eigenvalue weighted by Crippen LogP contribution is -2.05. The van der Waals surface area contributed by atoms with Crippen molar-refractivity contribution < 1.29 is 27.4 Å². The van der Waals surface area contributed by atoms with Gasteiger partial charge in [0.1, 0.15) is 17.9 Å². The highest BCUT2D eigenvalue weighted by Gasteiger charge is 2.18. The van der Waals surface area contributed by atoms with Crippen LogP contribution in [0.15, 0.2) is 78.7 Å². The Morgan fingerprint density at radius 2 is 1.75 bits per heavy atom. The quantitative estimate of drug-likeness (QED) is 0.407. The molecule has 0 atom stereocenters. The first kappa shape index (κ1) is 16.1. The zero-order chi connectivity index (χ0) is 18.9. The Bertz CT molecular complexity index is 1210. The lowest BCUT2D eigenvalue weighted by molar-refractivity contribution is 0.0452. The molecule has 8 nitrogen and oxygen atoms in total. The standard InChI is InChI=1S/C20H12N2O6/c23-20(14-10-19(28-22-14)16-6-3-7-24-16)25-11-13-9-18(27-21-13)17-8-12-4-1-2-5-15(12)26-17/h1-10H,11H2. The Balaban J connectivity index is 1.26. The Hall–Kier alpha value is -4.07. The molecule has 0 aliphatic carbocycles. The summed E-state index contributed by atoms with van der Waals surface area (Å²) in [6, 6.07) is 16.0. The molecule has 5 aromatic rings. The normalized spacial score (nSPS) is 11.1. The van der Waals surface area contributed by atoms with E-state index in [0.29, 0.717) is 28.7 Å². The average molecular weight is 376 g/mol. The molecule has 0 amide bonds. The van der Waals surface area contributed by atoms with Gasteiger partial charge in [-0.05, 0) is 24.3 Å². The number of esters is 1. The number of ether oxygens (including phenoxy) is 1. The molecule has 138 valence electrons. The van der Waals surface area contributed by atoms with Crippen LogP contribution in [0.25, 0.3) is 34.0 Å². The van der Waals surface area contributed by atoms with Crippen molar-refractivity contribution in [2.45, 2.75) is 6.61 Å². The molecule has 0 bridgehead atoms. The van der Waals surface area contributed by atoms with Gasteiger partial charge in [0, 0.05) is 17.5 Å². The van der Waals surface area contributed by atoms with Gasteiger partial charge in [0.15, 0.2) is 17.2 Å². The van der Waals surface area contributed by atoms with Crippen LogP contribution >= 0.6 is 0 Å². The molecule has 0 aliphatic rings. The van der Waals surface area contributed by atoms with Crippen LogP contribution in [-0.4, -0.2) is 16.3 Å². The van der Waals surface area contributed by atoms with Crippen molar-refractivity contribution in [1.29, 1.82) is 0 Å². The molecular formula is C20H12N2O6. The molecule has 4 heterocycles. The number of carbonyl (C=O) groups is 1. The van der Waals surface area contributed by atoms with E-state index < -0.39 is 5.97 Å². The molecule has 0 N–H and O–H groups in total. The number of aromatic nitrogens is 2. The molecule has 0 saturated heterocycles. The second kappa shape index (κ2) is 6.58. The van der Waals surface area contributed by atoms with Gasteiger partial charge >= 0.3 is 5.97 Å². The average Bonchev–Trinajstić information content (AvgIpc) is 3.51. The smallest absolute Gasteiger partial charge is 0.360 e. The van der Waals surface area contributed by atoms with Gasteiger partial charge in [-0.15, -0.1) is 0 Å². The van der Waals surface area contributed by atoms with Crippen LogP contribution in [0.1, 0.15) is 16.2 Å². The first-order valence-electron chi connectivity index (χ1n) is 8.38. The van der Waals surface area contributed by atoms with Crippen molar-refractivity contribution in [3.63, 3.8) is 0 Å². The highest BCUT2D eigenvalue weighted by Crippen LogP contribution is 2.28. The van der Waals surface area contributed by atoms with Crippen LogP contribution in [0.4, 0.5) is 0 Å². The first-order chi connectivity index (χ1) is 13.8. The summed E-state index contributed by atoms with van der Waals surface area (Å²) in [6.07, 6.45) is 1.50. The maximum Gasteiger partial charge on any atom is 0.360 e. The van der Waals surface area contributed by atoms with E-state index in [1.54, 1.807) is 18.2 Å². The van der Waals surface area contributed by atoms with E-state index >= 15 is 0 Å². The Labute approximate surface area is 157 Å². The van der Waals surface area contributed by atoms with E-state index in [1.165, 1.54) is 12.3 Å². The number of furan rings is 2. The van der Waals surface area contributed by atoms with E-state index in [2.05, 4.69) is 10.3 Å². The van der Waals surface area contributed by atoms with Gasteiger partial charge in [-0.3, -0.25) is 0 Å². The summed E-state index contributed by atoms with van der Waals surface area (Å²) in [6.45, 7) is -0.0779. The van der Waals surface area contributed by atoms with Gasteiger partial charge in [0.05, 0.1) is 6.26 Å². The third-order valence-corrected chi connectivity index (χ3v) is 4.06.